The second-order valence-electron chi connectivity index (χ2n) is 9.92. The minimum atomic E-state index is -4.30. The topological polar surface area (TPSA) is 80.7 Å². The van der Waals surface area contributed by atoms with E-state index < -0.39 is 33.2 Å². The van der Waals surface area contributed by atoms with E-state index in [1.165, 1.54) is 41.7 Å². The van der Waals surface area contributed by atoms with Crippen LogP contribution in [0.3, 0.4) is 0 Å². The summed E-state index contributed by atoms with van der Waals surface area (Å²) in [6.07, 6.45) is 0. The fourth-order valence-electron chi connectivity index (χ4n) is 5.18. The van der Waals surface area contributed by atoms with Crippen molar-refractivity contribution in [1.29, 1.82) is 0 Å². The van der Waals surface area contributed by atoms with E-state index in [0.717, 1.165) is 21.7 Å². The van der Waals surface area contributed by atoms with Crippen molar-refractivity contribution in [3.8, 4) is 33.5 Å². The smallest absolute Gasteiger partial charge is 0.338 e. The lowest BCUT2D eigenvalue weighted by molar-refractivity contribution is 0.0692. The van der Waals surface area contributed by atoms with Gasteiger partial charge in [-0.25, -0.2) is 30.8 Å². The predicted octanol–water partition coefficient (Wildman–Crippen LogP) is 9.43. The number of thiophene rings is 1. The molecule has 6 rings (SSSR count). The first-order chi connectivity index (χ1) is 21.0. The lowest BCUT2D eigenvalue weighted by Gasteiger charge is -2.15. The monoisotopic (exact) mass is 644 g/mol. The second-order valence-corrected chi connectivity index (χ2v) is 13.0. The predicted molar refractivity (Wildman–Crippen MR) is 168 cm³/mol. The molecule has 0 bridgehead atoms. The van der Waals surface area contributed by atoms with Gasteiger partial charge in [0, 0.05) is 32.7 Å². The first-order valence-corrected chi connectivity index (χ1v) is 15.7. The summed E-state index contributed by atoms with van der Waals surface area (Å²) in [6.45, 7) is 9.57. The third-order valence-electron chi connectivity index (χ3n) is 7.20. The number of aromatic carboxylic acids is 1. The van der Waals surface area contributed by atoms with Gasteiger partial charge in [0.25, 0.3) is 10.0 Å². The molecular formula is C33H19ClF2N2O4S2. The van der Waals surface area contributed by atoms with Gasteiger partial charge in [-0.15, -0.1) is 0 Å². The molecule has 0 amide bonds. The summed E-state index contributed by atoms with van der Waals surface area (Å²) in [7, 11) is -4.30. The standard InChI is InChI=1S/C33H19ClF2N2O4S2/c1-18-6-9-22(10-7-18)44(41,42)38-29-11-8-21(35)15-26(29)30(23-12-13-43-32(23)37-2)31(38)20-5-3-4-19(14-20)24-17-28(36)25(33(39)40)16-27(24)34/h3-17H,1H3,(H,39,40). The maximum Gasteiger partial charge on any atom is 0.338 e. The minimum Gasteiger partial charge on any atom is -0.478 e. The number of rotatable bonds is 6. The van der Waals surface area contributed by atoms with Gasteiger partial charge < -0.3 is 5.11 Å². The molecule has 1 N–H and O–H groups in total. The van der Waals surface area contributed by atoms with Crippen LogP contribution in [0.5, 0.6) is 0 Å². The highest BCUT2D eigenvalue weighted by Gasteiger charge is 2.30. The molecule has 0 saturated carbocycles. The highest BCUT2D eigenvalue weighted by atomic mass is 35.5. The van der Waals surface area contributed by atoms with Gasteiger partial charge in [-0.3, -0.25) is 0 Å². The third-order valence-corrected chi connectivity index (χ3v) is 10.0. The van der Waals surface area contributed by atoms with E-state index in [2.05, 4.69) is 4.85 Å². The molecule has 218 valence electrons. The molecule has 0 atom stereocenters. The molecule has 11 heteroatoms. The van der Waals surface area contributed by atoms with Crippen LogP contribution in [0.4, 0.5) is 13.8 Å². The lowest BCUT2D eigenvalue weighted by atomic mass is 9.96. The number of carboxylic acid groups (broad SMARTS) is 1. The lowest BCUT2D eigenvalue weighted by Crippen LogP contribution is -2.14. The summed E-state index contributed by atoms with van der Waals surface area (Å²) in [6, 6.07) is 20.3. The van der Waals surface area contributed by atoms with Gasteiger partial charge in [-0.2, -0.15) is 11.3 Å². The largest absolute Gasteiger partial charge is 0.478 e. The zero-order valence-electron chi connectivity index (χ0n) is 22.7. The van der Waals surface area contributed by atoms with Gasteiger partial charge in [-0.05, 0) is 66.4 Å². The summed E-state index contributed by atoms with van der Waals surface area (Å²) in [5.41, 5.74) is 2.29. The van der Waals surface area contributed by atoms with Crippen LogP contribution < -0.4 is 0 Å². The second kappa shape index (κ2) is 11.0. The molecule has 0 radical (unpaired) electrons. The number of aromatic nitrogens is 1. The number of nitrogens with zero attached hydrogens (tertiary/aromatic N) is 2. The maximum absolute atomic E-state index is 14.8. The van der Waals surface area contributed by atoms with Crippen LogP contribution in [0.15, 0.2) is 95.2 Å². The first-order valence-electron chi connectivity index (χ1n) is 13.0. The average Bonchev–Trinajstić information content (AvgIpc) is 3.60. The summed E-state index contributed by atoms with van der Waals surface area (Å²) in [4.78, 5) is 15.1. The quantitative estimate of drug-likeness (QED) is 0.183. The van der Waals surface area contributed by atoms with Crippen molar-refractivity contribution in [3.63, 3.8) is 0 Å². The Morgan fingerprint density at radius 2 is 1.68 bits per heavy atom. The van der Waals surface area contributed by atoms with Crippen molar-refractivity contribution in [2.24, 2.45) is 0 Å². The minimum absolute atomic E-state index is 0.00150. The number of carboxylic acids is 1. The molecule has 6 aromatic rings. The van der Waals surface area contributed by atoms with Crippen LogP contribution in [0.2, 0.25) is 5.02 Å². The zero-order chi connectivity index (χ0) is 31.3. The summed E-state index contributed by atoms with van der Waals surface area (Å²) in [5.74, 6) is -3.06. The number of aryl methyl sites for hydroxylation is 1. The number of hydrogen-bond acceptors (Lipinski definition) is 4. The molecule has 0 unspecified atom stereocenters. The fourth-order valence-corrected chi connectivity index (χ4v) is 7.68. The van der Waals surface area contributed by atoms with Gasteiger partial charge in [0.05, 0.1) is 28.2 Å². The Balaban J connectivity index is 1.73. The van der Waals surface area contributed by atoms with E-state index in [1.54, 1.807) is 47.8 Å². The van der Waals surface area contributed by atoms with Crippen LogP contribution in [-0.2, 0) is 10.0 Å². The molecule has 44 heavy (non-hydrogen) atoms. The van der Waals surface area contributed by atoms with Gasteiger partial charge >= 0.3 is 5.97 Å². The Kier molecular flexibility index (Phi) is 7.33. The summed E-state index contributed by atoms with van der Waals surface area (Å²) in [5, 5.41) is 11.5. The Hall–Kier alpha value is -4.82. The van der Waals surface area contributed by atoms with Crippen molar-refractivity contribution in [2.75, 3.05) is 0 Å². The zero-order valence-corrected chi connectivity index (χ0v) is 25.1. The average molecular weight is 645 g/mol. The number of hydrogen-bond donors (Lipinski definition) is 1. The molecule has 0 fully saturated rings. The van der Waals surface area contributed by atoms with E-state index in [4.69, 9.17) is 18.2 Å². The van der Waals surface area contributed by atoms with Crippen LogP contribution in [0.1, 0.15) is 15.9 Å². The summed E-state index contributed by atoms with van der Waals surface area (Å²) < 4.78 is 59.5. The molecule has 4 aromatic carbocycles. The molecule has 6 nitrogen and oxygen atoms in total. The van der Waals surface area contributed by atoms with E-state index >= 15 is 0 Å². The molecule has 0 aliphatic carbocycles. The molecule has 2 heterocycles. The number of fused-ring (bicyclic) bond motifs is 1. The highest BCUT2D eigenvalue weighted by molar-refractivity contribution is 7.90. The van der Waals surface area contributed by atoms with Gasteiger partial charge in [-0.1, -0.05) is 53.6 Å². The number of benzene rings is 4. The van der Waals surface area contributed by atoms with E-state index in [1.807, 2.05) is 6.92 Å². The maximum atomic E-state index is 14.8. The molecule has 0 aliphatic heterocycles. The van der Waals surface area contributed by atoms with Crippen LogP contribution in [0.25, 0.3) is 49.3 Å². The van der Waals surface area contributed by atoms with E-state index in [9.17, 15) is 27.1 Å². The third kappa shape index (κ3) is 4.85. The summed E-state index contributed by atoms with van der Waals surface area (Å²) >= 11 is 7.57. The molecule has 2 aromatic heterocycles. The fraction of sp³-hybridized carbons (Fsp3) is 0.0303. The van der Waals surface area contributed by atoms with Crippen molar-refractivity contribution < 1.29 is 27.1 Å². The molecular weight excluding hydrogens is 626 g/mol. The van der Waals surface area contributed by atoms with E-state index in [0.29, 0.717) is 22.3 Å². The number of halogens is 3. The molecule has 0 aliphatic rings. The highest BCUT2D eigenvalue weighted by Crippen LogP contribution is 2.48. The van der Waals surface area contributed by atoms with Gasteiger partial charge in [0.1, 0.15) is 11.6 Å². The van der Waals surface area contributed by atoms with E-state index in [-0.39, 0.29) is 37.1 Å². The van der Waals surface area contributed by atoms with Crippen molar-refractivity contribution >= 4 is 54.8 Å². The SMILES string of the molecule is [C-]#[N+]c1sccc1-c1c(-c2cccc(-c3cc(F)c(C(=O)O)cc3Cl)c2)n(S(=O)(=O)c2ccc(C)cc2)c2ccc(F)cc12. The molecule has 0 spiro atoms. The molecule has 0 saturated heterocycles. The van der Waals surface area contributed by atoms with Crippen molar-refractivity contribution in [1.82, 2.24) is 3.97 Å². The Bertz CT molecular complexity index is 2290. The Labute approximate surface area is 259 Å². The Morgan fingerprint density at radius 3 is 2.39 bits per heavy atom. The van der Waals surface area contributed by atoms with Crippen LogP contribution >= 0.6 is 22.9 Å². The van der Waals surface area contributed by atoms with Gasteiger partial charge in [0.2, 0.25) is 5.00 Å². The normalized spacial score (nSPS) is 11.5. The Morgan fingerprint density at radius 1 is 0.955 bits per heavy atom. The van der Waals surface area contributed by atoms with Crippen LogP contribution in [-0.4, -0.2) is 23.5 Å². The van der Waals surface area contributed by atoms with Crippen molar-refractivity contribution in [2.45, 2.75) is 11.8 Å². The number of carbonyl (C=O) groups is 1. The first kappa shape index (κ1) is 29.3. The van der Waals surface area contributed by atoms with Crippen molar-refractivity contribution in [3.05, 3.63) is 130 Å². The van der Waals surface area contributed by atoms with Gasteiger partial charge in [0.15, 0.2) is 0 Å². The van der Waals surface area contributed by atoms with Crippen LogP contribution in [0, 0.1) is 25.1 Å².